The second kappa shape index (κ2) is 14.5. The van der Waals surface area contributed by atoms with Crippen LogP contribution in [0.4, 0.5) is 0 Å². The number of aliphatic hydroxyl groups excluding tert-OH is 3. The monoisotopic (exact) mass is 345 g/mol. The van der Waals surface area contributed by atoms with Crippen molar-refractivity contribution in [2.45, 2.75) is 58.3 Å². The van der Waals surface area contributed by atoms with Gasteiger partial charge in [-0.3, -0.25) is 0 Å². The number of hydrogen-bond donors (Lipinski definition) is 3. The minimum Gasteiger partial charge on any atom is -0.400 e. The fraction of sp³-hybridized carbons (Fsp3) is 0.722. The van der Waals surface area contributed by atoms with Gasteiger partial charge in [0, 0.05) is 43.0 Å². The van der Waals surface area contributed by atoms with Gasteiger partial charge in [0.1, 0.15) is 0 Å². The molecule has 0 saturated carbocycles. The Kier molecular flexibility index (Phi) is 16.0. The van der Waals surface area contributed by atoms with E-state index < -0.39 is 0 Å². The molecule has 3 aliphatic carbocycles. The summed E-state index contributed by atoms with van der Waals surface area (Å²) in [6.45, 7) is 2.36. The number of rotatable bonds is 1. The van der Waals surface area contributed by atoms with Crippen LogP contribution < -0.4 is 0 Å². The Morgan fingerprint density at radius 2 is 1.41 bits per heavy atom. The van der Waals surface area contributed by atoms with Gasteiger partial charge in [0.2, 0.25) is 0 Å². The average Bonchev–Trinajstić information content (AvgIpc) is 2.94. The third-order valence-corrected chi connectivity index (χ3v) is 4.42. The van der Waals surface area contributed by atoms with E-state index in [1.165, 1.54) is 51.4 Å². The quantitative estimate of drug-likeness (QED) is 0.504. The van der Waals surface area contributed by atoms with E-state index in [4.69, 9.17) is 15.3 Å². The zero-order chi connectivity index (χ0) is 16.3. The van der Waals surface area contributed by atoms with E-state index in [1.54, 1.807) is 16.7 Å². The SMILES string of the molecule is CCC1C2=C(CCC[CH-]2)C2=C1CCCC2.CO.CO.CO.[Ti]. The first-order valence-electron chi connectivity index (χ1n) is 8.04. The van der Waals surface area contributed by atoms with Crippen LogP contribution in [0.25, 0.3) is 0 Å². The van der Waals surface area contributed by atoms with Crippen molar-refractivity contribution in [1.82, 2.24) is 0 Å². The molecule has 3 aliphatic rings. The van der Waals surface area contributed by atoms with E-state index in [-0.39, 0.29) is 21.7 Å². The van der Waals surface area contributed by atoms with Gasteiger partial charge in [0.25, 0.3) is 0 Å². The Labute approximate surface area is 151 Å². The van der Waals surface area contributed by atoms with E-state index in [0.29, 0.717) is 0 Å². The third-order valence-electron chi connectivity index (χ3n) is 4.42. The third kappa shape index (κ3) is 5.54. The predicted molar refractivity (Wildman–Crippen MR) is 88.9 cm³/mol. The summed E-state index contributed by atoms with van der Waals surface area (Å²) < 4.78 is 0. The first-order chi connectivity index (χ1) is 10.4. The molecule has 4 heteroatoms. The molecule has 22 heavy (non-hydrogen) atoms. The Morgan fingerprint density at radius 3 is 2.00 bits per heavy atom. The zero-order valence-electron chi connectivity index (χ0n) is 14.7. The molecule has 0 aromatic carbocycles. The molecule has 0 heterocycles. The predicted octanol–water partition coefficient (Wildman–Crippen LogP) is 3.40. The van der Waals surface area contributed by atoms with E-state index in [1.807, 2.05) is 5.57 Å². The molecule has 0 radical (unpaired) electrons. The second-order valence-corrected chi connectivity index (χ2v) is 5.20. The number of aliphatic hydroxyl groups is 3. The van der Waals surface area contributed by atoms with Crippen molar-refractivity contribution in [2.24, 2.45) is 5.92 Å². The van der Waals surface area contributed by atoms with Gasteiger partial charge in [-0.15, -0.1) is 12.0 Å². The van der Waals surface area contributed by atoms with Crippen LogP contribution in [0.1, 0.15) is 58.3 Å². The fourth-order valence-electron chi connectivity index (χ4n) is 3.79. The van der Waals surface area contributed by atoms with Crippen molar-refractivity contribution < 1.29 is 37.0 Å². The van der Waals surface area contributed by atoms with Crippen molar-refractivity contribution in [3.8, 4) is 0 Å². The number of hydrogen-bond acceptors (Lipinski definition) is 3. The Morgan fingerprint density at radius 1 is 0.864 bits per heavy atom. The molecular formula is C18H33O3Ti-. The first kappa shape index (κ1) is 24.2. The van der Waals surface area contributed by atoms with Crippen molar-refractivity contribution >= 4 is 0 Å². The minimum absolute atomic E-state index is 0. The maximum Gasteiger partial charge on any atom is 0.0319 e. The van der Waals surface area contributed by atoms with Gasteiger partial charge in [-0.2, -0.15) is 5.57 Å². The summed E-state index contributed by atoms with van der Waals surface area (Å²) in [5.74, 6) is 0.829. The van der Waals surface area contributed by atoms with Gasteiger partial charge < -0.3 is 15.3 Å². The Bertz CT molecular complexity index is 316. The molecule has 1 atom stereocenters. The molecule has 3 nitrogen and oxygen atoms in total. The summed E-state index contributed by atoms with van der Waals surface area (Å²) in [7, 11) is 3.00. The number of fused-ring (bicyclic) bond motifs is 1. The van der Waals surface area contributed by atoms with E-state index >= 15 is 0 Å². The van der Waals surface area contributed by atoms with Crippen molar-refractivity contribution in [1.29, 1.82) is 0 Å². The zero-order valence-corrected chi connectivity index (χ0v) is 16.2. The van der Waals surface area contributed by atoms with Crippen LogP contribution in [0.5, 0.6) is 0 Å². The van der Waals surface area contributed by atoms with Crippen LogP contribution in [-0.4, -0.2) is 36.6 Å². The molecule has 3 N–H and O–H groups in total. The molecule has 1 unspecified atom stereocenters. The molecule has 0 aromatic rings. The molecular weight excluding hydrogens is 312 g/mol. The second-order valence-electron chi connectivity index (χ2n) is 5.20. The van der Waals surface area contributed by atoms with Crippen LogP contribution in [-0.2, 0) is 21.7 Å². The summed E-state index contributed by atoms with van der Waals surface area (Å²) in [4.78, 5) is 0. The molecule has 0 spiro atoms. The summed E-state index contributed by atoms with van der Waals surface area (Å²) in [5, 5.41) is 21.0. The van der Waals surface area contributed by atoms with Gasteiger partial charge in [0.15, 0.2) is 0 Å². The van der Waals surface area contributed by atoms with Gasteiger partial charge in [-0.05, 0) is 31.6 Å². The van der Waals surface area contributed by atoms with Crippen LogP contribution in [0.3, 0.4) is 0 Å². The summed E-state index contributed by atoms with van der Waals surface area (Å²) >= 11 is 0. The standard InChI is InChI=1S/C15H21.3CH4O.Ti/c1-2-11-12-7-3-5-9-14(12)15-10-6-4-8-13(11)15;3*1-2;/h7,11H,2-6,8-10H2,1H3;3*2H,1H3;/q-1;;;;. The first-order valence-corrected chi connectivity index (χ1v) is 8.04. The molecule has 0 amide bonds. The normalized spacial score (nSPS) is 21.3. The van der Waals surface area contributed by atoms with Gasteiger partial charge in [-0.1, -0.05) is 31.8 Å². The van der Waals surface area contributed by atoms with Crippen LogP contribution in [0.2, 0.25) is 0 Å². The summed E-state index contributed by atoms with van der Waals surface area (Å²) in [6, 6.07) is 0. The van der Waals surface area contributed by atoms with E-state index in [2.05, 4.69) is 13.3 Å². The smallest absolute Gasteiger partial charge is 0.0319 e. The minimum atomic E-state index is 0. The summed E-state index contributed by atoms with van der Waals surface area (Å²) in [6.07, 6.45) is 13.6. The van der Waals surface area contributed by atoms with Crippen molar-refractivity contribution in [2.75, 3.05) is 21.3 Å². The van der Waals surface area contributed by atoms with Crippen molar-refractivity contribution in [3.05, 3.63) is 28.7 Å². The van der Waals surface area contributed by atoms with Gasteiger partial charge in [0.05, 0.1) is 0 Å². The van der Waals surface area contributed by atoms with Crippen molar-refractivity contribution in [3.63, 3.8) is 0 Å². The topological polar surface area (TPSA) is 60.7 Å². The molecule has 128 valence electrons. The number of allylic oxidation sites excluding steroid dienone is 4. The summed E-state index contributed by atoms with van der Waals surface area (Å²) in [5.41, 5.74) is 7.17. The maximum absolute atomic E-state index is 7.00. The molecule has 0 fully saturated rings. The van der Waals surface area contributed by atoms with Gasteiger partial charge >= 0.3 is 0 Å². The average molecular weight is 345 g/mol. The largest absolute Gasteiger partial charge is 0.400 e. The maximum atomic E-state index is 7.00. The molecule has 0 aromatic heterocycles. The molecule has 3 rings (SSSR count). The van der Waals surface area contributed by atoms with Gasteiger partial charge in [-0.25, -0.2) is 12.0 Å². The van der Waals surface area contributed by atoms with Crippen LogP contribution in [0, 0.1) is 12.3 Å². The van der Waals surface area contributed by atoms with Crippen LogP contribution >= 0.6 is 0 Å². The van der Waals surface area contributed by atoms with E-state index in [9.17, 15) is 0 Å². The fourth-order valence-corrected chi connectivity index (χ4v) is 3.79. The Balaban J connectivity index is 0. The molecule has 0 saturated heterocycles. The van der Waals surface area contributed by atoms with E-state index in [0.717, 1.165) is 27.2 Å². The van der Waals surface area contributed by atoms with Crippen LogP contribution in [0.15, 0.2) is 22.3 Å². The molecule has 0 aliphatic heterocycles. The Hall–Kier alpha value is -0.0557. The molecule has 0 bridgehead atoms.